The molecule has 4 aromatic rings. The number of methoxy groups -OCH3 is 2. The van der Waals surface area contributed by atoms with Gasteiger partial charge in [-0.05, 0) is 46.0 Å². The number of carbonyl (C=O) groups excluding carboxylic acids is 1. The second kappa shape index (κ2) is 10.5. The summed E-state index contributed by atoms with van der Waals surface area (Å²) in [7, 11) is 3.18. The van der Waals surface area contributed by atoms with E-state index >= 15 is 0 Å². The highest BCUT2D eigenvalue weighted by Crippen LogP contribution is 2.28. The van der Waals surface area contributed by atoms with Crippen LogP contribution in [0.4, 0.5) is 0 Å². The molecule has 0 atom stereocenters. The number of carbonyl (C=O) groups is 1. The van der Waals surface area contributed by atoms with Gasteiger partial charge in [-0.1, -0.05) is 54.6 Å². The van der Waals surface area contributed by atoms with E-state index in [1.807, 2.05) is 53.3 Å². The molecule has 6 heteroatoms. The van der Waals surface area contributed by atoms with Crippen LogP contribution in [0.3, 0.4) is 0 Å². The maximum Gasteiger partial charge on any atom is 0.224 e. The largest absolute Gasteiger partial charge is 0.493 e. The van der Waals surface area contributed by atoms with Crippen molar-refractivity contribution < 1.29 is 14.3 Å². The molecule has 0 fully saturated rings. The molecule has 0 aliphatic rings. The zero-order chi connectivity index (χ0) is 23.0. The smallest absolute Gasteiger partial charge is 0.224 e. The highest BCUT2D eigenvalue weighted by Gasteiger charge is 2.10. The van der Waals surface area contributed by atoms with Crippen molar-refractivity contribution in [1.82, 2.24) is 15.1 Å². The Bertz CT molecular complexity index is 1200. The number of nitrogens with one attached hydrogen (secondary N) is 1. The van der Waals surface area contributed by atoms with E-state index in [1.165, 1.54) is 5.56 Å². The van der Waals surface area contributed by atoms with E-state index < -0.39 is 0 Å². The first-order chi connectivity index (χ1) is 16.2. The lowest BCUT2D eigenvalue weighted by molar-refractivity contribution is -0.120. The number of amides is 1. The summed E-state index contributed by atoms with van der Waals surface area (Å²) in [6, 6.07) is 24.0. The fourth-order valence-electron chi connectivity index (χ4n) is 3.76. The first-order valence-electron chi connectivity index (χ1n) is 10.8. The number of nitrogens with zero attached hydrogens (tertiary/aromatic N) is 2. The van der Waals surface area contributed by atoms with Gasteiger partial charge in [0.15, 0.2) is 11.5 Å². The molecule has 1 aromatic heterocycles. The van der Waals surface area contributed by atoms with Crippen LogP contribution in [0.5, 0.6) is 11.5 Å². The highest BCUT2D eigenvalue weighted by molar-refractivity contribution is 5.79. The third-order valence-electron chi connectivity index (χ3n) is 5.47. The molecule has 4 rings (SSSR count). The Kier molecular flexibility index (Phi) is 7.05. The van der Waals surface area contributed by atoms with Crippen LogP contribution in [0.2, 0.25) is 0 Å². The first-order valence-corrected chi connectivity index (χ1v) is 10.8. The Morgan fingerprint density at radius 2 is 1.67 bits per heavy atom. The van der Waals surface area contributed by atoms with Crippen LogP contribution in [-0.4, -0.2) is 29.9 Å². The average Bonchev–Trinajstić information content (AvgIpc) is 3.36. The van der Waals surface area contributed by atoms with E-state index in [1.54, 1.807) is 20.4 Å². The van der Waals surface area contributed by atoms with Gasteiger partial charge in [0.05, 0.1) is 27.2 Å². The summed E-state index contributed by atoms with van der Waals surface area (Å²) in [6.45, 7) is 1.19. The SMILES string of the molecule is COc1ccc(CC(=O)NCc2ccccc2-c2ccc(Cn3cccn3)cc2)cc1OC. The van der Waals surface area contributed by atoms with Crippen molar-refractivity contribution in [3.05, 3.63) is 102 Å². The summed E-state index contributed by atoms with van der Waals surface area (Å²) in [5.41, 5.74) is 5.34. The normalized spacial score (nSPS) is 10.6. The molecule has 0 unspecified atom stereocenters. The number of hydrogen-bond donors (Lipinski definition) is 1. The molecule has 0 saturated carbocycles. The van der Waals surface area contributed by atoms with Gasteiger partial charge in [-0.25, -0.2) is 0 Å². The highest BCUT2D eigenvalue weighted by atomic mass is 16.5. The second-order valence-corrected chi connectivity index (χ2v) is 7.70. The van der Waals surface area contributed by atoms with Crippen molar-refractivity contribution in [2.45, 2.75) is 19.5 Å². The topological polar surface area (TPSA) is 65.4 Å². The molecule has 1 heterocycles. The van der Waals surface area contributed by atoms with Crippen molar-refractivity contribution in [2.24, 2.45) is 0 Å². The summed E-state index contributed by atoms with van der Waals surface area (Å²) >= 11 is 0. The zero-order valence-electron chi connectivity index (χ0n) is 18.8. The minimum absolute atomic E-state index is 0.0495. The zero-order valence-corrected chi connectivity index (χ0v) is 18.8. The Hall–Kier alpha value is -4.06. The average molecular weight is 442 g/mol. The van der Waals surface area contributed by atoms with E-state index in [-0.39, 0.29) is 12.3 Å². The molecular formula is C27H27N3O3. The molecule has 0 aliphatic heterocycles. The molecule has 0 aliphatic carbocycles. The van der Waals surface area contributed by atoms with Crippen molar-refractivity contribution in [2.75, 3.05) is 14.2 Å². The summed E-state index contributed by atoms with van der Waals surface area (Å²) < 4.78 is 12.5. The van der Waals surface area contributed by atoms with Crippen LogP contribution >= 0.6 is 0 Å². The molecule has 6 nitrogen and oxygen atoms in total. The molecule has 3 aromatic carbocycles. The van der Waals surface area contributed by atoms with E-state index in [9.17, 15) is 4.79 Å². The minimum Gasteiger partial charge on any atom is -0.493 e. The summed E-state index contributed by atoms with van der Waals surface area (Å²) in [5, 5.41) is 7.30. The van der Waals surface area contributed by atoms with E-state index in [0.29, 0.717) is 18.0 Å². The molecule has 33 heavy (non-hydrogen) atoms. The lowest BCUT2D eigenvalue weighted by atomic mass is 9.98. The minimum atomic E-state index is -0.0495. The first kappa shape index (κ1) is 22.1. The number of aromatic nitrogens is 2. The molecule has 1 amide bonds. The molecule has 168 valence electrons. The van der Waals surface area contributed by atoms with Gasteiger partial charge in [-0.15, -0.1) is 0 Å². The van der Waals surface area contributed by atoms with Crippen LogP contribution in [0.1, 0.15) is 16.7 Å². The van der Waals surface area contributed by atoms with Crippen LogP contribution in [-0.2, 0) is 24.3 Å². The van der Waals surface area contributed by atoms with Gasteiger partial charge in [0.25, 0.3) is 0 Å². The third-order valence-corrected chi connectivity index (χ3v) is 5.47. The number of ether oxygens (including phenoxy) is 2. The predicted molar refractivity (Wildman–Crippen MR) is 128 cm³/mol. The van der Waals surface area contributed by atoms with Gasteiger partial charge >= 0.3 is 0 Å². The molecular weight excluding hydrogens is 414 g/mol. The Labute approximate surface area is 193 Å². The Morgan fingerprint density at radius 1 is 0.909 bits per heavy atom. The number of benzene rings is 3. The number of rotatable bonds is 9. The maximum atomic E-state index is 12.6. The van der Waals surface area contributed by atoms with E-state index in [4.69, 9.17) is 9.47 Å². The molecule has 0 bridgehead atoms. The van der Waals surface area contributed by atoms with Gasteiger partial charge < -0.3 is 14.8 Å². The summed E-state index contributed by atoms with van der Waals surface area (Å²) in [6.07, 6.45) is 4.00. The van der Waals surface area contributed by atoms with Gasteiger partial charge in [-0.3, -0.25) is 9.48 Å². The van der Waals surface area contributed by atoms with Crippen LogP contribution < -0.4 is 14.8 Å². The molecule has 1 N–H and O–H groups in total. The van der Waals surface area contributed by atoms with E-state index in [2.05, 4.69) is 40.7 Å². The van der Waals surface area contributed by atoms with Gasteiger partial charge in [0.1, 0.15) is 0 Å². The van der Waals surface area contributed by atoms with Crippen LogP contribution in [0, 0.1) is 0 Å². The molecule has 0 radical (unpaired) electrons. The lowest BCUT2D eigenvalue weighted by Crippen LogP contribution is -2.24. The van der Waals surface area contributed by atoms with Crippen molar-refractivity contribution in [1.29, 1.82) is 0 Å². The Balaban J connectivity index is 1.41. The molecule has 0 spiro atoms. The van der Waals surface area contributed by atoms with E-state index in [0.717, 1.165) is 28.8 Å². The quantitative estimate of drug-likeness (QED) is 0.416. The second-order valence-electron chi connectivity index (χ2n) is 7.70. The monoisotopic (exact) mass is 441 g/mol. The van der Waals surface area contributed by atoms with Crippen LogP contribution in [0.25, 0.3) is 11.1 Å². The van der Waals surface area contributed by atoms with Crippen molar-refractivity contribution in [3.8, 4) is 22.6 Å². The third kappa shape index (κ3) is 5.60. The summed E-state index contributed by atoms with van der Waals surface area (Å²) in [4.78, 5) is 12.6. The van der Waals surface area contributed by atoms with Gasteiger partial charge in [0.2, 0.25) is 5.91 Å². The van der Waals surface area contributed by atoms with Gasteiger partial charge in [-0.2, -0.15) is 5.10 Å². The fourth-order valence-corrected chi connectivity index (χ4v) is 3.76. The maximum absolute atomic E-state index is 12.6. The lowest BCUT2D eigenvalue weighted by Gasteiger charge is -2.13. The summed E-state index contributed by atoms with van der Waals surface area (Å²) in [5.74, 6) is 1.21. The molecule has 0 saturated heterocycles. The van der Waals surface area contributed by atoms with Crippen molar-refractivity contribution in [3.63, 3.8) is 0 Å². The fraction of sp³-hybridized carbons (Fsp3) is 0.185. The van der Waals surface area contributed by atoms with Crippen molar-refractivity contribution >= 4 is 5.91 Å². The van der Waals surface area contributed by atoms with Gasteiger partial charge in [0, 0.05) is 18.9 Å². The predicted octanol–water partition coefficient (Wildman–Crippen LogP) is 4.47. The number of hydrogen-bond acceptors (Lipinski definition) is 4. The van der Waals surface area contributed by atoms with Crippen LogP contribution in [0.15, 0.2) is 85.2 Å². The standard InChI is InChI=1S/C27H27N3O3/c1-32-25-13-10-21(16-26(25)33-2)17-27(31)28-18-23-6-3-4-7-24(23)22-11-8-20(9-12-22)19-30-15-5-14-29-30/h3-16H,17-19H2,1-2H3,(H,28,31). The Morgan fingerprint density at radius 3 is 2.39 bits per heavy atom.